The van der Waals surface area contributed by atoms with Crippen molar-refractivity contribution >= 4 is 45.1 Å². The van der Waals surface area contributed by atoms with Crippen molar-refractivity contribution in [2.75, 3.05) is 11.9 Å². The molecule has 0 spiro atoms. The van der Waals surface area contributed by atoms with Crippen LogP contribution in [0.25, 0.3) is 20.8 Å². The number of nitrogens with one attached hydrogen (secondary N) is 2. The molecule has 1 aliphatic rings. The molecule has 4 amide bonds. The van der Waals surface area contributed by atoms with Crippen LogP contribution in [0.4, 0.5) is 10.5 Å². The molecule has 154 valence electrons. The van der Waals surface area contributed by atoms with Gasteiger partial charge >= 0.3 is 6.03 Å². The maximum atomic E-state index is 12.7. The van der Waals surface area contributed by atoms with Gasteiger partial charge in [0.15, 0.2) is 0 Å². The minimum absolute atomic E-state index is 0.322. The molecular formula is C22H22N4O3S. The average molecular weight is 423 g/mol. The van der Waals surface area contributed by atoms with Gasteiger partial charge < -0.3 is 10.6 Å². The van der Waals surface area contributed by atoms with Crippen LogP contribution >= 0.6 is 11.3 Å². The Kier molecular flexibility index (Phi) is 5.26. The van der Waals surface area contributed by atoms with Gasteiger partial charge in [0.2, 0.25) is 5.91 Å². The number of amides is 4. The monoisotopic (exact) mass is 422 g/mol. The third-order valence-electron chi connectivity index (χ3n) is 5.44. The molecular weight excluding hydrogens is 400 g/mol. The predicted octanol–water partition coefficient (Wildman–Crippen LogP) is 4.01. The number of carbonyl (C=O) groups excluding carboxylic acids is 3. The fourth-order valence-electron chi connectivity index (χ4n) is 3.62. The molecule has 2 aromatic carbocycles. The topological polar surface area (TPSA) is 91.4 Å². The molecule has 7 nitrogen and oxygen atoms in total. The fourth-order valence-corrected chi connectivity index (χ4v) is 4.58. The Morgan fingerprint density at radius 1 is 1.13 bits per heavy atom. The number of nitrogens with zero attached hydrogens (tertiary/aromatic N) is 2. The summed E-state index contributed by atoms with van der Waals surface area (Å²) in [5, 5.41) is 6.37. The zero-order valence-electron chi connectivity index (χ0n) is 16.8. The van der Waals surface area contributed by atoms with Crippen molar-refractivity contribution < 1.29 is 14.4 Å². The first kappa shape index (κ1) is 20.0. The summed E-state index contributed by atoms with van der Waals surface area (Å²) in [5.74, 6) is -0.779. The van der Waals surface area contributed by atoms with E-state index in [1.165, 1.54) is 0 Å². The number of hydrogen-bond donors (Lipinski definition) is 2. The number of imide groups is 1. The standard InChI is InChI=1S/C22H22N4O3S/c1-3-22(4-2)20(28)26(21(29)25-22)13-18(27)23-15-9-7-8-14(12-15)19-24-16-10-5-6-11-17(16)30-19/h5-12H,3-4,13H2,1-2H3,(H,23,27)(H,25,29). The second-order valence-corrected chi connectivity index (χ2v) is 8.26. The highest BCUT2D eigenvalue weighted by Gasteiger charge is 2.49. The first-order chi connectivity index (χ1) is 14.5. The molecule has 30 heavy (non-hydrogen) atoms. The molecule has 0 saturated carbocycles. The molecule has 1 aromatic heterocycles. The van der Waals surface area contributed by atoms with Crippen LogP contribution in [0.3, 0.4) is 0 Å². The zero-order chi connectivity index (χ0) is 21.3. The fraction of sp³-hybridized carbons (Fsp3) is 0.273. The third kappa shape index (κ3) is 3.54. The van der Waals surface area contributed by atoms with E-state index in [2.05, 4.69) is 15.6 Å². The number of hydrogen-bond acceptors (Lipinski definition) is 5. The summed E-state index contributed by atoms with van der Waals surface area (Å²) >= 11 is 1.58. The van der Waals surface area contributed by atoms with E-state index < -0.39 is 17.5 Å². The van der Waals surface area contributed by atoms with Crippen LogP contribution < -0.4 is 10.6 Å². The molecule has 4 rings (SSSR count). The second kappa shape index (κ2) is 7.87. The zero-order valence-corrected chi connectivity index (χ0v) is 17.6. The van der Waals surface area contributed by atoms with E-state index in [1.54, 1.807) is 17.4 Å². The molecule has 0 aliphatic carbocycles. The Labute approximate surface area is 178 Å². The maximum Gasteiger partial charge on any atom is 0.325 e. The van der Waals surface area contributed by atoms with Gasteiger partial charge in [-0.3, -0.25) is 14.5 Å². The van der Waals surface area contributed by atoms with Gasteiger partial charge in [-0.2, -0.15) is 0 Å². The summed E-state index contributed by atoms with van der Waals surface area (Å²) in [6.45, 7) is 3.37. The lowest BCUT2D eigenvalue weighted by molar-refractivity contribution is -0.134. The van der Waals surface area contributed by atoms with Gasteiger partial charge in [-0.05, 0) is 37.1 Å². The van der Waals surface area contributed by atoms with Crippen LogP contribution in [-0.2, 0) is 9.59 Å². The van der Waals surface area contributed by atoms with E-state index in [1.807, 2.05) is 56.3 Å². The predicted molar refractivity (Wildman–Crippen MR) is 117 cm³/mol. The van der Waals surface area contributed by atoms with Crippen molar-refractivity contribution in [1.82, 2.24) is 15.2 Å². The minimum atomic E-state index is -0.913. The van der Waals surface area contributed by atoms with Crippen molar-refractivity contribution in [3.8, 4) is 10.6 Å². The Morgan fingerprint density at radius 3 is 2.60 bits per heavy atom. The van der Waals surface area contributed by atoms with E-state index >= 15 is 0 Å². The first-order valence-electron chi connectivity index (χ1n) is 9.85. The van der Waals surface area contributed by atoms with Crippen molar-refractivity contribution in [2.24, 2.45) is 0 Å². The largest absolute Gasteiger partial charge is 0.325 e. The number of aromatic nitrogens is 1. The van der Waals surface area contributed by atoms with Crippen molar-refractivity contribution in [3.05, 3.63) is 48.5 Å². The number of thiazole rings is 1. The Bertz CT molecular complexity index is 1100. The Morgan fingerprint density at radius 2 is 1.90 bits per heavy atom. The van der Waals surface area contributed by atoms with Crippen LogP contribution in [-0.4, -0.2) is 39.8 Å². The highest BCUT2D eigenvalue weighted by atomic mass is 32.1. The molecule has 0 bridgehead atoms. The van der Waals surface area contributed by atoms with Crippen molar-refractivity contribution in [2.45, 2.75) is 32.2 Å². The second-order valence-electron chi connectivity index (χ2n) is 7.23. The lowest BCUT2D eigenvalue weighted by atomic mass is 9.93. The van der Waals surface area contributed by atoms with Crippen molar-refractivity contribution in [1.29, 1.82) is 0 Å². The van der Waals surface area contributed by atoms with Crippen LogP contribution in [0.1, 0.15) is 26.7 Å². The number of para-hydroxylation sites is 1. The third-order valence-corrected chi connectivity index (χ3v) is 6.53. The van der Waals surface area contributed by atoms with Gasteiger partial charge in [0.25, 0.3) is 5.91 Å². The van der Waals surface area contributed by atoms with Gasteiger partial charge in [0.05, 0.1) is 10.2 Å². The number of urea groups is 1. The quantitative estimate of drug-likeness (QED) is 0.587. The molecule has 1 fully saturated rings. The van der Waals surface area contributed by atoms with E-state index in [0.717, 1.165) is 25.7 Å². The molecule has 1 saturated heterocycles. The number of rotatable bonds is 6. The van der Waals surface area contributed by atoms with Crippen LogP contribution in [0.15, 0.2) is 48.5 Å². The Balaban J connectivity index is 1.48. The van der Waals surface area contributed by atoms with Gasteiger partial charge in [0, 0.05) is 11.3 Å². The number of anilines is 1. The van der Waals surface area contributed by atoms with Gasteiger partial charge in [-0.15, -0.1) is 11.3 Å². The van der Waals surface area contributed by atoms with Crippen LogP contribution in [0, 0.1) is 0 Å². The molecule has 3 aromatic rings. The number of fused-ring (bicyclic) bond motifs is 1. The molecule has 0 unspecified atom stereocenters. The summed E-state index contributed by atoms with van der Waals surface area (Å²) in [6.07, 6.45) is 0.965. The first-order valence-corrected chi connectivity index (χ1v) is 10.7. The summed E-state index contributed by atoms with van der Waals surface area (Å²) in [7, 11) is 0. The maximum absolute atomic E-state index is 12.7. The summed E-state index contributed by atoms with van der Waals surface area (Å²) in [5.41, 5.74) is 1.49. The van der Waals surface area contributed by atoms with Crippen LogP contribution in [0.2, 0.25) is 0 Å². The van der Waals surface area contributed by atoms with Gasteiger partial charge in [0.1, 0.15) is 17.1 Å². The molecule has 8 heteroatoms. The number of benzene rings is 2. The molecule has 0 radical (unpaired) electrons. The normalized spacial score (nSPS) is 15.5. The van der Waals surface area contributed by atoms with E-state index in [9.17, 15) is 14.4 Å². The number of carbonyl (C=O) groups is 3. The molecule has 0 atom stereocenters. The average Bonchev–Trinajstić information content (AvgIpc) is 3.29. The minimum Gasteiger partial charge on any atom is -0.325 e. The van der Waals surface area contributed by atoms with Gasteiger partial charge in [-0.1, -0.05) is 38.1 Å². The molecule has 1 aliphatic heterocycles. The SMILES string of the molecule is CCC1(CC)NC(=O)N(CC(=O)Nc2cccc(-c3nc4ccccc4s3)c2)C1=O. The summed E-state index contributed by atoms with van der Waals surface area (Å²) in [4.78, 5) is 43.1. The lowest BCUT2D eigenvalue weighted by Crippen LogP contribution is -2.46. The molecule has 2 N–H and O–H groups in total. The Hall–Kier alpha value is -3.26. The highest BCUT2D eigenvalue weighted by molar-refractivity contribution is 7.21. The lowest BCUT2D eigenvalue weighted by Gasteiger charge is -2.23. The van der Waals surface area contributed by atoms with E-state index in [0.29, 0.717) is 18.5 Å². The highest BCUT2D eigenvalue weighted by Crippen LogP contribution is 2.31. The van der Waals surface area contributed by atoms with Crippen LogP contribution in [0.5, 0.6) is 0 Å². The summed E-state index contributed by atoms with van der Waals surface area (Å²) in [6, 6.07) is 14.8. The van der Waals surface area contributed by atoms with Gasteiger partial charge in [-0.25, -0.2) is 9.78 Å². The van der Waals surface area contributed by atoms with Crippen molar-refractivity contribution in [3.63, 3.8) is 0 Å². The molecule has 2 heterocycles. The summed E-state index contributed by atoms with van der Waals surface area (Å²) < 4.78 is 1.09. The smallest absolute Gasteiger partial charge is 0.325 e. The van der Waals surface area contributed by atoms with E-state index in [-0.39, 0.29) is 12.5 Å². The van der Waals surface area contributed by atoms with E-state index in [4.69, 9.17) is 0 Å².